The van der Waals surface area contributed by atoms with Crippen LogP contribution >= 0.6 is 0 Å². The summed E-state index contributed by atoms with van der Waals surface area (Å²) in [6.45, 7) is 6.14. The van der Waals surface area contributed by atoms with Crippen LogP contribution in [0.4, 0.5) is 5.69 Å². The summed E-state index contributed by atoms with van der Waals surface area (Å²) in [5.41, 5.74) is 0.798. The third-order valence-electron chi connectivity index (χ3n) is 4.07. The van der Waals surface area contributed by atoms with Gasteiger partial charge in [-0.1, -0.05) is 13.8 Å². The third kappa shape index (κ3) is 2.40. The largest absolute Gasteiger partial charge is 0.342 e. The third-order valence-corrected chi connectivity index (χ3v) is 4.07. The molecule has 2 heterocycles. The lowest BCUT2D eigenvalue weighted by molar-refractivity contribution is -0.130. The smallest absolute Gasteiger partial charge is 0.252 e. The van der Waals surface area contributed by atoms with Crippen LogP contribution < -0.4 is 10.2 Å². The molecule has 1 aliphatic heterocycles. The van der Waals surface area contributed by atoms with E-state index in [0.717, 1.165) is 11.4 Å². The Kier molecular flexibility index (Phi) is 4.06. The Morgan fingerprint density at radius 1 is 1.35 bits per heavy atom. The van der Waals surface area contributed by atoms with Crippen molar-refractivity contribution in [3.63, 3.8) is 0 Å². The molecule has 1 N–H and O–H groups in total. The molecule has 0 spiro atoms. The molecule has 20 heavy (non-hydrogen) atoms. The normalized spacial score (nSPS) is 18.6. The zero-order valence-electron chi connectivity index (χ0n) is 12.3. The zero-order chi connectivity index (χ0) is 14.8. The minimum Gasteiger partial charge on any atom is -0.342 e. The van der Waals surface area contributed by atoms with Crippen LogP contribution in [0.2, 0.25) is 0 Å². The molecule has 1 saturated heterocycles. The number of aromatic nitrogens is 1. The molecule has 0 aromatic carbocycles. The van der Waals surface area contributed by atoms with Crippen LogP contribution in [-0.4, -0.2) is 28.9 Å². The summed E-state index contributed by atoms with van der Waals surface area (Å²) in [6.07, 6.45) is 3.20. The number of hydrogen-bond donors (Lipinski definition) is 1. The maximum atomic E-state index is 12.9. The number of anilines is 1. The summed E-state index contributed by atoms with van der Waals surface area (Å²) in [5, 5.41) is 2.91. The summed E-state index contributed by atoms with van der Waals surface area (Å²) in [4.78, 5) is 30.8. The van der Waals surface area contributed by atoms with E-state index in [0.29, 0.717) is 25.8 Å². The number of carbonyl (C=O) groups excluding carboxylic acids is 2. The number of rotatable bonds is 3. The molecule has 1 aromatic heterocycles. The van der Waals surface area contributed by atoms with Gasteiger partial charge in [0, 0.05) is 19.2 Å². The lowest BCUT2D eigenvalue weighted by Crippen LogP contribution is -2.56. The molecule has 1 fully saturated rings. The van der Waals surface area contributed by atoms with Gasteiger partial charge in [0.05, 0.1) is 11.4 Å². The van der Waals surface area contributed by atoms with E-state index in [1.54, 1.807) is 11.1 Å². The average Bonchev–Trinajstić information content (AvgIpc) is 2.58. The Balaban J connectivity index is 2.46. The quantitative estimate of drug-likeness (QED) is 0.915. The minimum absolute atomic E-state index is 0.0375. The van der Waals surface area contributed by atoms with E-state index in [1.807, 2.05) is 32.9 Å². The van der Waals surface area contributed by atoms with Crippen LogP contribution in [0.1, 0.15) is 38.8 Å². The second-order valence-electron chi connectivity index (χ2n) is 5.15. The molecule has 0 bridgehead atoms. The molecule has 2 rings (SSSR count). The van der Waals surface area contributed by atoms with Gasteiger partial charge >= 0.3 is 0 Å². The number of hydrogen-bond acceptors (Lipinski definition) is 3. The van der Waals surface area contributed by atoms with Crippen LogP contribution in [-0.2, 0) is 9.59 Å². The summed E-state index contributed by atoms with van der Waals surface area (Å²) in [5.74, 6) is -0.101. The molecular formula is C15H21N3O2. The molecule has 0 unspecified atom stereocenters. The predicted molar refractivity (Wildman–Crippen MR) is 77.4 cm³/mol. The van der Waals surface area contributed by atoms with Crippen molar-refractivity contribution in [3.05, 3.63) is 24.0 Å². The molecule has 5 heteroatoms. The van der Waals surface area contributed by atoms with E-state index in [-0.39, 0.29) is 11.8 Å². The molecule has 1 aliphatic rings. The molecule has 0 radical (unpaired) electrons. The first-order valence-electron chi connectivity index (χ1n) is 7.08. The van der Waals surface area contributed by atoms with Crippen molar-refractivity contribution in [2.45, 2.75) is 45.6 Å². The maximum Gasteiger partial charge on any atom is 0.252 e. The number of aryl methyl sites for hydroxylation is 1. The molecular weight excluding hydrogens is 254 g/mol. The van der Waals surface area contributed by atoms with E-state index in [9.17, 15) is 9.59 Å². The highest BCUT2D eigenvalue weighted by Crippen LogP contribution is 2.27. The Morgan fingerprint density at radius 3 is 2.65 bits per heavy atom. The van der Waals surface area contributed by atoms with Gasteiger partial charge in [0.2, 0.25) is 5.91 Å². The number of nitrogens with zero attached hydrogens (tertiary/aromatic N) is 2. The first-order chi connectivity index (χ1) is 9.54. The topological polar surface area (TPSA) is 62.3 Å². The highest BCUT2D eigenvalue weighted by atomic mass is 16.2. The van der Waals surface area contributed by atoms with Crippen LogP contribution in [0.3, 0.4) is 0 Å². The second kappa shape index (κ2) is 5.61. The van der Waals surface area contributed by atoms with E-state index in [1.165, 1.54) is 0 Å². The summed E-state index contributed by atoms with van der Waals surface area (Å²) in [7, 11) is 0. The number of carbonyl (C=O) groups is 2. The first kappa shape index (κ1) is 14.5. The Hall–Kier alpha value is -1.91. The standard InChI is InChI=1S/C15H21N3O2/c1-4-15(5-2)14(20)18(10-8-13(19)17-15)12-7-6-9-16-11(12)3/h6-7,9H,4-5,8,10H2,1-3H3,(H,17,19). The van der Waals surface area contributed by atoms with Gasteiger partial charge in [-0.05, 0) is 31.9 Å². The Labute approximate surface area is 119 Å². The summed E-state index contributed by atoms with van der Waals surface area (Å²) < 4.78 is 0. The monoisotopic (exact) mass is 275 g/mol. The molecule has 0 atom stereocenters. The predicted octanol–water partition coefficient (Wildman–Crippen LogP) is 1.80. The van der Waals surface area contributed by atoms with Crippen molar-refractivity contribution in [3.8, 4) is 0 Å². The van der Waals surface area contributed by atoms with Gasteiger partial charge in [-0.15, -0.1) is 0 Å². The minimum atomic E-state index is -0.796. The van der Waals surface area contributed by atoms with Gasteiger partial charge in [-0.2, -0.15) is 0 Å². The first-order valence-corrected chi connectivity index (χ1v) is 7.08. The van der Waals surface area contributed by atoms with Crippen molar-refractivity contribution >= 4 is 17.5 Å². The molecule has 0 aliphatic carbocycles. The fourth-order valence-corrected chi connectivity index (χ4v) is 2.68. The van der Waals surface area contributed by atoms with Gasteiger partial charge in [0.1, 0.15) is 5.54 Å². The average molecular weight is 275 g/mol. The fraction of sp³-hybridized carbons (Fsp3) is 0.533. The Morgan fingerprint density at radius 2 is 2.05 bits per heavy atom. The lowest BCUT2D eigenvalue weighted by atomic mass is 9.91. The van der Waals surface area contributed by atoms with Crippen molar-refractivity contribution in [2.75, 3.05) is 11.4 Å². The van der Waals surface area contributed by atoms with Gasteiger partial charge < -0.3 is 10.2 Å². The zero-order valence-corrected chi connectivity index (χ0v) is 12.3. The van der Waals surface area contributed by atoms with E-state index in [2.05, 4.69) is 10.3 Å². The fourth-order valence-electron chi connectivity index (χ4n) is 2.68. The van der Waals surface area contributed by atoms with Crippen LogP contribution in [0.5, 0.6) is 0 Å². The molecule has 108 valence electrons. The van der Waals surface area contributed by atoms with Crippen molar-refractivity contribution in [2.24, 2.45) is 0 Å². The van der Waals surface area contributed by atoms with Crippen LogP contribution in [0, 0.1) is 6.92 Å². The molecule has 5 nitrogen and oxygen atoms in total. The van der Waals surface area contributed by atoms with E-state index >= 15 is 0 Å². The molecule has 0 saturated carbocycles. The number of amides is 2. The van der Waals surface area contributed by atoms with Crippen LogP contribution in [0.15, 0.2) is 18.3 Å². The molecule has 1 aromatic rings. The van der Waals surface area contributed by atoms with Crippen molar-refractivity contribution in [1.29, 1.82) is 0 Å². The SMILES string of the molecule is CCC1(CC)NC(=O)CCN(c2cccnc2C)C1=O. The Bertz CT molecular complexity index is 524. The number of nitrogens with one attached hydrogen (secondary N) is 1. The van der Waals surface area contributed by atoms with Crippen LogP contribution in [0.25, 0.3) is 0 Å². The second-order valence-corrected chi connectivity index (χ2v) is 5.15. The lowest BCUT2D eigenvalue weighted by Gasteiger charge is -2.34. The highest BCUT2D eigenvalue weighted by molar-refractivity contribution is 6.04. The summed E-state index contributed by atoms with van der Waals surface area (Å²) in [6, 6.07) is 3.70. The summed E-state index contributed by atoms with van der Waals surface area (Å²) >= 11 is 0. The van der Waals surface area contributed by atoms with Crippen molar-refractivity contribution < 1.29 is 9.59 Å². The van der Waals surface area contributed by atoms with Gasteiger partial charge in [0.25, 0.3) is 5.91 Å². The maximum absolute atomic E-state index is 12.9. The van der Waals surface area contributed by atoms with Gasteiger partial charge in [-0.25, -0.2) is 0 Å². The number of pyridine rings is 1. The van der Waals surface area contributed by atoms with E-state index in [4.69, 9.17) is 0 Å². The van der Waals surface area contributed by atoms with Gasteiger partial charge in [-0.3, -0.25) is 14.6 Å². The van der Waals surface area contributed by atoms with E-state index < -0.39 is 5.54 Å². The van der Waals surface area contributed by atoms with Crippen molar-refractivity contribution in [1.82, 2.24) is 10.3 Å². The highest BCUT2D eigenvalue weighted by Gasteiger charge is 2.42. The molecule has 2 amide bonds. The van der Waals surface area contributed by atoms with Gasteiger partial charge in [0.15, 0.2) is 0 Å².